The SMILES string of the molecule is O=C(NCc1ccccc1)C1CCN(C(=O)/C=C/c2ccc(F)cc2)CC1. The molecule has 0 radical (unpaired) electrons. The van der Waals surface area contributed by atoms with Gasteiger partial charge < -0.3 is 10.2 Å². The minimum absolute atomic E-state index is 0.0489. The molecule has 1 fully saturated rings. The van der Waals surface area contributed by atoms with Gasteiger partial charge in [0, 0.05) is 31.6 Å². The molecule has 2 amide bonds. The second-order valence-electron chi connectivity index (χ2n) is 6.69. The molecule has 3 rings (SSSR count). The van der Waals surface area contributed by atoms with Crippen LogP contribution in [0.2, 0.25) is 0 Å². The molecule has 5 heteroatoms. The lowest BCUT2D eigenvalue weighted by molar-refractivity contribution is -0.132. The first kappa shape index (κ1) is 18.8. The topological polar surface area (TPSA) is 49.4 Å². The van der Waals surface area contributed by atoms with Gasteiger partial charge >= 0.3 is 0 Å². The number of hydrogen-bond donors (Lipinski definition) is 1. The van der Waals surface area contributed by atoms with Crippen LogP contribution in [-0.4, -0.2) is 29.8 Å². The van der Waals surface area contributed by atoms with Crippen molar-refractivity contribution in [1.29, 1.82) is 0 Å². The summed E-state index contributed by atoms with van der Waals surface area (Å²) in [5.41, 5.74) is 1.85. The summed E-state index contributed by atoms with van der Waals surface area (Å²) in [6.07, 6.45) is 4.51. The first-order valence-electron chi connectivity index (χ1n) is 9.16. The third-order valence-corrected chi connectivity index (χ3v) is 4.78. The fraction of sp³-hybridized carbons (Fsp3) is 0.273. The Morgan fingerprint density at radius 1 is 1.04 bits per heavy atom. The van der Waals surface area contributed by atoms with Gasteiger partial charge in [-0.05, 0) is 42.2 Å². The Labute approximate surface area is 158 Å². The molecule has 0 unspecified atom stereocenters. The fourth-order valence-corrected chi connectivity index (χ4v) is 3.14. The second-order valence-corrected chi connectivity index (χ2v) is 6.69. The summed E-state index contributed by atoms with van der Waals surface area (Å²) < 4.78 is 12.9. The number of nitrogens with zero attached hydrogens (tertiary/aromatic N) is 1. The zero-order chi connectivity index (χ0) is 19.1. The molecule has 1 N–H and O–H groups in total. The average Bonchev–Trinajstić information content (AvgIpc) is 2.72. The highest BCUT2D eigenvalue weighted by atomic mass is 19.1. The van der Waals surface area contributed by atoms with Crippen LogP contribution in [0.3, 0.4) is 0 Å². The fourth-order valence-electron chi connectivity index (χ4n) is 3.14. The normalized spacial score (nSPS) is 15.1. The van der Waals surface area contributed by atoms with Crippen molar-refractivity contribution < 1.29 is 14.0 Å². The Balaban J connectivity index is 1.44. The van der Waals surface area contributed by atoms with Gasteiger partial charge in [0.15, 0.2) is 0 Å². The van der Waals surface area contributed by atoms with Crippen molar-refractivity contribution in [2.45, 2.75) is 19.4 Å². The van der Waals surface area contributed by atoms with Crippen LogP contribution >= 0.6 is 0 Å². The summed E-state index contributed by atoms with van der Waals surface area (Å²) in [6, 6.07) is 15.8. The van der Waals surface area contributed by atoms with E-state index in [1.165, 1.54) is 18.2 Å². The summed E-state index contributed by atoms with van der Waals surface area (Å²) in [7, 11) is 0. The van der Waals surface area contributed by atoms with Crippen LogP contribution in [0.5, 0.6) is 0 Å². The molecular formula is C22H23FN2O2. The van der Waals surface area contributed by atoms with E-state index in [0.29, 0.717) is 32.5 Å². The number of piperidine rings is 1. The van der Waals surface area contributed by atoms with Gasteiger partial charge in [0.2, 0.25) is 11.8 Å². The maximum absolute atomic E-state index is 12.9. The van der Waals surface area contributed by atoms with E-state index in [0.717, 1.165) is 11.1 Å². The van der Waals surface area contributed by atoms with Gasteiger partial charge in [-0.3, -0.25) is 9.59 Å². The van der Waals surface area contributed by atoms with Gasteiger partial charge in [-0.15, -0.1) is 0 Å². The lowest BCUT2D eigenvalue weighted by atomic mass is 9.95. The minimum atomic E-state index is -0.300. The third kappa shape index (κ3) is 5.51. The first-order chi connectivity index (χ1) is 13.1. The predicted octanol–water partition coefficient (Wildman–Crippen LogP) is 3.39. The molecule has 0 bridgehead atoms. The predicted molar refractivity (Wildman–Crippen MR) is 103 cm³/mol. The van der Waals surface area contributed by atoms with Gasteiger partial charge in [0.1, 0.15) is 5.82 Å². The first-order valence-corrected chi connectivity index (χ1v) is 9.16. The summed E-state index contributed by atoms with van der Waals surface area (Å²) in [6.45, 7) is 1.66. The van der Waals surface area contributed by atoms with Gasteiger partial charge in [-0.25, -0.2) is 4.39 Å². The van der Waals surface area contributed by atoms with Gasteiger partial charge in [-0.2, -0.15) is 0 Å². The number of nitrogens with one attached hydrogen (secondary N) is 1. The van der Waals surface area contributed by atoms with E-state index in [4.69, 9.17) is 0 Å². The largest absolute Gasteiger partial charge is 0.352 e. The molecule has 27 heavy (non-hydrogen) atoms. The molecule has 0 aromatic heterocycles. The third-order valence-electron chi connectivity index (χ3n) is 4.78. The standard InChI is InChI=1S/C22H23FN2O2/c23-20-9-6-17(7-10-20)8-11-21(26)25-14-12-19(13-15-25)22(27)24-16-18-4-2-1-3-5-18/h1-11,19H,12-16H2,(H,24,27)/b11-8+. The van der Waals surface area contributed by atoms with Crippen LogP contribution in [0.1, 0.15) is 24.0 Å². The monoisotopic (exact) mass is 366 g/mol. The van der Waals surface area contributed by atoms with E-state index >= 15 is 0 Å². The van der Waals surface area contributed by atoms with Crippen LogP contribution < -0.4 is 5.32 Å². The summed E-state index contributed by atoms with van der Waals surface area (Å²) >= 11 is 0. The van der Waals surface area contributed by atoms with Crippen LogP contribution in [-0.2, 0) is 16.1 Å². The molecule has 2 aromatic rings. The molecule has 140 valence electrons. The second kappa shape index (κ2) is 9.12. The minimum Gasteiger partial charge on any atom is -0.352 e. The van der Waals surface area contributed by atoms with E-state index in [2.05, 4.69) is 5.32 Å². The maximum atomic E-state index is 12.9. The van der Waals surface area contributed by atoms with Crippen molar-refractivity contribution in [2.24, 2.45) is 5.92 Å². The molecule has 1 aliphatic heterocycles. The zero-order valence-electron chi connectivity index (χ0n) is 15.1. The van der Waals surface area contributed by atoms with E-state index in [9.17, 15) is 14.0 Å². The van der Waals surface area contributed by atoms with Gasteiger partial charge in [0.05, 0.1) is 0 Å². The van der Waals surface area contributed by atoms with Crippen LogP contribution in [0.4, 0.5) is 4.39 Å². The number of amides is 2. The van der Waals surface area contributed by atoms with Crippen LogP contribution in [0.25, 0.3) is 6.08 Å². The Hall–Kier alpha value is -2.95. The lowest BCUT2D eigenvalue weighted by Crippen LogP contribution is -2.42. The van der Waals surface area contributed by atoms with Crippen molar-refractivity contribution in [3.05, 3.63) is 77.6 Å². The van der Waals surface area contributed by atoms with Crippen molar-refractivity contribution in [2.75, 3.05) is 13.1 Å². The summed E-state index contributed by atoms with van der Waals surface area (Å²) in [5.74, 6) is -0.389. The molecule has 0 atom stereocenters. The zero-order valence-corrected chi connectivity index (χ0v) is 15.1. The lowest BCUT2D eigenvalue weighted by Gasteiger charge is -2.30. The molecule has 1 heterocycles. The highest BCUT2D eigenvalue weighted by Crippen LogP contribution is 2.18. The van der Waals surface area contributed by atoms with Crippen LogP contribution in [0, 0.1) is 11.7 Å². The van der Waals surface area contributed by atoms with E-state index < -0.39 is 0 Å². The molecule has 1 aliphatic rings. The molecule has 0 saturated carbocycles. The van der Waals surface area contributed by atoms with E-state index in [1.54, 1.807) is 23.1 Å². The van der Waals surface area contributed by atoms with E-state index in [-0.39, 0.29) is 23.5 Å². The number of rotatable bonds is 5. The van der Waals surface area contributed by atoms with E-state index in [1.807, 2.05) is 30.3 Å². The highest BCUT2D eigenvalue weighted by Gasteiger charge is 2.26. The number of benzene rings is 2. The van der Waals surface area contributed by atoms with Crippen molar-refractivity contribution in [1.82, 2.24) is 10.2 Å². The van der Waals surface area contributed by atoms with Crippen molar-refractivity contribution >= 4 is 17.9 Å². The quantitative estimate of drug-likeness (QED) is 0.825. The summed E-state index contributed by atoms with van der Waals surface area (Å²) in [5, 5.41) is 2.98. The van der Waals surface area contributed by atoms with Crippen molar-refractivity contribution in [3.8, 4) is 0 Å². The van der Waals surface area contributed by atoms with Gasteiger partial charge in [0.25, 0.3) is 0 Å². The Morgan fingerprint density at radius 2 is 1.70 bits per heavy atom. The maximum Gasteiger partial charge on any atom is 0.246 e. The number of carbonyl (C=O) groups excluding carboxylic acids is 2. The molecule has 1 saturated heterocycles. The molecule has 4 nitrogen and oxygen atoms in total. The van der Waals surface area contributed by atoms with Crippen LogP contribution in [0.15, 0.2) is 60.7 Å². The Morgan fingerprint density at radius 3 is 2.37 bits per heavy atom. The number of carbonyl (C=O) groups is 2. The molecular weight excluding hydrogens is 343 g/mol. The Bertz CT molecular complexity index is 795. The number of likely N-dealkylation sites (tertiary alicyclic amines) is 1. The van der Waals surface area contributed by atoms with Crippen molar-refractivity contribution in [3.63, 3.8) is 0 Å². The Kier molecular flexibility index (Phi) is 6.36. The summed E-state index contributed by atoms with van der Waals surface area (Å²) in [4.78, 5) is 26.4. The average molecular weight is 366 g/mol. The highest BCUT2D eigenvalue weighted by molar-refractivity contribution is 5.92. The molecule has 0 spiro atoms. The smallest absolute Gasteiger partial charge is 0.246 e. The van der Waals surface area contributed by atoms with Gasteiger partial charge in [-0.1, -0.05) is 42.5 Å². The number of hydrogen-bond acceptors (Lipinski definition) is 2. The molecule has 2 aromatic carbocycles. The molecule has 0 aliphatic carbocycles. The number of halogens is 1.